The van der Waals surface area contributed by atoms with Crippen LogP contribution in [0.15, 0.2) is 39.9 Å². The summed E-state index contributed by atoms with van der Waals surface area (Å²) in [6.45, 7) is 3.05. The molecule has 0 aliphatic rings. The third kappa shape index (κ3) is 5.05. The molecule has 0 atom stereocenters. The van der Waals surface area contributed by atoms with Gasteiger partial charge in [0.2, 0.25) is 0 Å². The van der Waals surface area contributed by atoms with Gasteiger partial charge in [-0.2, -0.15) is 5.10 Å². The summed E-state index contributed by atoms with van der Waals surface area (Å²) in [5.74, 6) is 2.73. The van der Waals surface area contributed by atoms with E-state index in [4.69, 9.17) is 18.9 Å². The number of hydrogen-bond donors (Lipinski definition) is 1. The second kappa shape index (κ2) is 9.91. The molecule has 0 saturated heterocycles. The molecule has 0 aliphatic carbocycles. The Morgan fingerprint density at radius 2 is 1.77 bits per heavy atom. The van der Waals surface area contributed by atoms with Crippen LogP contribution in [0.2, 0.25) is 0 Å². The van der Waals surface area contributed by atoms with Crippen LogP contribution in [0.25, 0.3) is 0 Å². The highest BCUT2D eigenvalue weighted by molar-refractivity contribution is 9.10. The van der Waals surface area contributed by atoms with E-state index in [0.717, 1.165) is 15.6 Å². The summed E-state index contributed by atoms with van der Waals surface area (Å²) >= 11 is 3.49. The standard InChI is InChI=1S/C19H23BrN2O4/c1-5-26-18-10-14(8-15(20)19(18)25-4)12-22-21-11-13-6-7-16(23-2)17(9-13)24-3/h6-10,12,21H,5,11H2,1-4H3/b22-12+. The predicted octanol–water partition coefficient (Wildman–Crippen LogP) is 4.00. The quantitative estimate of drug-likeness (QED) is 0.488. The van der Waals surface area contributed by atoms with Gasteiger partial charge >= 0.3 is 0 Å². The Hall–Kier alpha value is -2.41. The number of ether oxygens (including phenoxy) is 4. The lowest BCUT2D eigenvalue weighted by Gasteiger charge is -2.12. The number of halogens is 1. The van der Waals surface area contributed by atoms with E-state index in [1.807, 2.05) is 37.3 Å². The Balaban J connectivity index is 2.04. The number of hydrazone groups is 1. The molecule has 2 rings (SSSR count). The van der Waals surface area contributed by atoms with Crippen LogP contribution in [0.1, 0.15) is 18.1 Å². The Labute approximate surface area is 162 Å². The van der Waals surface area contributed by atoms with Gasteiger partial charge < -0.3 is 24.4 Å². The van der Waals surface area contributed by atoms with E-state index in [1.54, 1.807) is 27.5 Å². The molecule has 0 saturated carbocycles. The van der Waals surface area contributed by atoms with Gasteiger partial charge in [0.15, 0.2) is 23.0 Å². The fourth-order valence-electron chi connectivity index (χ4n) is 2.37. The Morgan fingerprint density at radius 3 is 2.42 bits per heavy atom. The molecular formula is C19H23BrN2O4. The normalized spacial score (nSPS) is 10.7. The number of benzene rings is 2. The maximum absolute atomic E-state index is 5.61. The smallest absolute Gasteiger partial charge is 0.174 e. The molecule has 0 fully saturated rings. The number of nitrogens with one attached hydrogen (secondary N) is 1. The average Bonchev–Trinajstić information content (AvgIpc) is 2.65. The van der Waals surface area contributed by atoms with Gasteiger partial charge in [0.05, 0.1) is 45.2 Å². The first-order chi connectivity index (χ1) is 12.6. The molecule has 0 heterocycles. The average molecular weight is 423 g/mol. The Morgan fingerprint density at radius 1 is 1.00 bits per heavy atom. The fourth-order valence-corrected chi connectivity index (χ4v) is 2.99. The van der Waals surface area contributed by atoms with E-state index in [1.165, 1.54) is 0 Å². The van der Waals surface area contributed by atoms with Crippen molar-refractivity contribution in [2.75, 3.05) is 27.9 Å². The van der Waals surface area contributed by atoms with Crippen molar-refractivity contribution in [3.8, 4) is 23.0 Å². The first kappa shape index (κ1) is 19.9. The zero-order valence-electron chi connectivity index (χ0n) is 15.3. The number of nitrogens with zero attached hydrogens (tertiary/aromatic N) is 1. The largest absolute Gasteiger partial charge is 0.493 e. The first-order valence-electron chi connectivity index (χ1n) is 8.10. The second-order valence-electron chi connectivity index (χ2n) is 5.25. The first-order valence-corrected chi connectivity index (χ1v) is 8.89. The lowest BCUT2D eigenvalue weighted by atomic mass is 10.2. The van der Waals surface area contributed by atoms with Crippen LogP contribution in [0.5, 0.6) is 23.0 Å². The van der Waals surface area contributed by atoms with Crippen molar-refractivity contribution in [2.45, 2.75) is 13.5 Å². The highest BCUT2D eigenvalue weighted by Gasteiger charge is 2.10. The Bertz CT molecular complexity index is 765. The summed E-state index contributed by atoms with van der Waals surface area (Å²) in [5, 5.41) is 4.27. The van der Waals surface area contributed by atoms with E-state index in [2.05, 4.69) is 26.5 Å². The molecule has 0 aromatic heterocycles. The van der Waals surface area contributed by atoms with Crippen LogP contribution in [0.4, 0.5) is 0 Å². The van der Waals surface area contributed by atoms with Crippen molar-refractivity contribution in [3.63, 3.8) is 0 Å². The molecule has 0 amide bonds. The van der Waals surface area contributed by atoms with Crippen molar-refractivity contribution in [1.29, 1.82) is 0 Å². The van der Waals surface area contributed by atoms with Crippen LogP contribution in [0, 0.1) is 0 Å². The van der Waals surface area contributed by atoms with E-state index >= 15 is 0 Å². The van der Waals surface area contributed by atoms with Gasteiger partial charge in [0.1, 0.15) is 0 Å². The molecule has 0 spiro atoms. The summed E-state index contributed by atoms with van der Waals surface area (Å²) in [4.78, 5) is 0. The molecule has 7 heteroatoms. The van der Waals surface area contributed by atoms with E-state index in [9.17, 15) is 0 Å². The second-order valence-corrected chi connectivity index (χ2v) is 6.10. The van der Waals surface area contributed by atoms with Crippen LogP contribution < -0.4 is 24.4 Å². The summed E-state index contributed by atoms with van der Waals surface area (Å²) in [5.41, 5.74) is 4.95. The zero-order chi connectivity index (χ0) is 18.9. The summed E-state index contributed by atoms with van der Waals surface area (Å²) in [7, 11) is 4.84. The summed E-state index contributed by atoms with van der Waals surface area (Å²) in [6, 6.07) is 9.55. The summed E-state index contributed by atoms with van der Waals surface area (Å²) < 4.78 is 22.3. The van der Waals surface area contributed by atoms with Crippen LogP contribution in [-0.2, 0) is 6.54 Å². The molecule has 26 heavy (non-hydrogen) atoms. The fraction of sp³-hybridized carbons (Fsp3) is 0.316. The molecule has 0 bridgehead atoms. The predicted molar refractivity (Wildman–Crippen MR) is 106 cm³/mol. The molecule has 0 unspecified atom stereocenters. The minimum absolute atomic E-state index is 0.556. The van der Waals surface area contributed by atoms with Gasteiger partial charge in [-0.1, -0.05) is 6.07 Å². The van der Waals surface area contributed by atoms with Gasteiger partial charge in [0.25, 0.3) is 0 Å². The maximum atomic E-state index is 5.61. The molecule has 6 nitrogen and oxygen atoms in total. The lowest BCUT2D eigenvalue weighted by Crippen LogP contribution is -2.06. The monoisotopic (exact) mass is 422 g/mol. The molecule has 0 radical (unpaired) electrons. The van der Waals surface area contributed by atoms with Crippen molar-refractivity contribution in [3.05, 3.63) is 45.9 Å². The molecule has 2 aromatic rings. The molecular weight excluding hydrogens is 400 g/mol. The highest BCUT2D eigenvalue weighted by Crippen LogP contribution is 2.36. The van der Waals surface area contributed by atoms with Gasteiger partial charge in [-0.15, -0.1) is 0 Å². The molecule has 2 aromatic carbocycles. The van der Waals surface area contributed by atoms with E-state index in [-0.39, 0.29) is 0 Å². The number of methoxy groups -OCH3 is 3. The van der Waals surface area contributed by atoms with Crippen molar-refractivity contribution in [1.82, 2.24) is 5.43 Å². The molecule has 140 valence electrons. The third-order valence-electron chi connectivity index (χ3n) is 3.57. The Kier molecular flexibility index (Phi) is 7.59. The minimum atomic E-state index is 0.556. The lowest BCUT2D eigenvalue weighted by molar-refractivity contribution is 0.310. The SMILES string of the molecule is CCOc1cc(/C=N/NCc2ccc(OC)c(OC)c2)cc(Br)c1OC. The third-order valence-corrected chi connectivity index (χ3v) is 4.16. The van der Waals surface area contributed by atoms with E-state index < -0.39 is 0 Å². The van der Waals surface area contributed by atoms with E-state index in [0.29, 0.717) is 36.1 Å². The van der Waals surface area contributed by atoms with Crippen molar-refractivity contribution >= 4 is 22.1 Å². The molecule has 1 N–H and O–H groups in total. The van der Waals surface area contributed by atoms with Crippen molar-refractivity contribution in [2.24, 2.45) is 5.10 Å². The maximum Gasteiger partial charge on any atom is 0.174 e. The van der Waals surface area contributed by atoms with Crippen LogP contribution in [0.3, 0.4) is 0 Å². The zero-order valence-corrected chi connectivity index (χ0v) is 16.9. The minimum Gasteiger partial charge on any atom is -0.493 e. The number of rotatable bonds is 9. The van der Waals surface area contributed by atoms with Crippen LogP contribution in [-0.4, -0.2) is 34.2 Å². The molecule has 0 aliphatic heterocycles. The highest BCUT2D eigenvalue weighted by atomic mass is 79.9. The van der Waals surface area contributed by atoms with Gasteiger partial charge in [-0.3, -0.25) is 0 Å². The van der Waals surface area contributed by atoms with Crippen LogP contribution >= 0.6 is 15.9 Å². The van der Waals surface area contributed by atoms with Gasteiger partial charge in [-0.25, -0.2) is 0 Å². The number of hydrogen-bond acceptors (Lipinski definition) is 6. The van der Waals surface area contributed by atoms with Gasteiger partial charge in [-0.05, 0) is 58.2 Å². The summed E-state index contributed by atoms with van der Waals surface area (Å²) in [6.07, 6.45) is 1.73. The van der Waals surface area contributed by atoms with Gasteiger partial charge in [0, 0.05) is 0 Å². The van der Waals surface area contributed by atoms with Crippen molar-refractivity contribution < 1.29 is 18.9 Å². The topological polar surface area (TPSA) is 61.3 Å².